The molecule has 8 heteroatoms. The van der Waals surface area contributed by atoms with E-state index in [1.807, 2.05) is 37.3 Å². The summed E-state index contributed by atoms with van der Waals surface area (Å²) in [5.41, 5.74) is 2.84. The Morgan fingerprint density at radius 2 is 1.33 bits per heavy atom. The molecule has 4 rings (SSSR count). The van der Waals surface area contributed by atoms with E-state index in [9.17, 15) is 4.79 Å². The van der Waals surface area contributed by atoms with Crippen LogP contribution in [0.1, 0.15) is 27.2 Å². The number of aromatic nitrogens is 1. The van der Waals surface area contributed by atoms with E-state index >= 15 is 0 Å². The van der Waals surface area contributed by atoms with Crippen LogP contribution in [-0.4, -0.2) is 45.1 Å². The summed E-state index contributed by atoms with van der Waals surface area (Å²) in [6, 6.07) is 17.9. The van der Waals surface area contributed by atoms with Gasteiger partial charge in [-0.3, -0.25) is 4.98 Å². The number of rotatable bonds is 8. The van der Waals surface area contributed by atoms with Crippen LogP contribution in [0.15, 0.2) is 72.0 Å². The molecule has 0 aliphatic rings. The molecule has 0 atom stereocenters. The van der Waals surface area contributed by atoms with Gasteiger partial charge < -0.3 is 23.8 Å². The van der Waals surface area contributed by atoms with Crippen LogP contribution < -0.4 is 18.9 Å². The number of carbonyl (C=O) groups is 1. The number of nitrogens with zero attached hydrogens (tertiary/aromatic N) is 2. The molecule has 0 aliphatic carbocycles. The number of carbonyl (C=O) groups excluding carboxylic acids is 1. The van der Waals surface area contributed by atoms with Crippen LogP contribution in [0.2, 0.25) is 0 Å². The van der Waals surface area contributed by atoms with Crippen LogP contribution in [0.4, 0.5) is 0 Å². The monoisotopic (exact) mass is 486 g/mol. The van der Waals surface area contributed by atoms with E-state index in [-0.39, 0.29) is 0 Å². The average Bonchev–Trinajstić information content (AvgIpc) is 2.92. The lowest BCUT2D eigenvalue weighted by atomic mass is 10.0. The second-order valence-electron chi connectivity index (χ2n) is 7.84. The molecular formula is C28H26N2O6. The molecule has 8 nitrogen and oxygen atoms in total. The van der Waals surface area contributed by atoms with Crippen molar-refractivity contribution in [3.05, 3.63) is 89.2 Å². The van der Waals surface area contributed by atoms with Crippen LogP contribution in [0.5, 0.6) is 23.0 Å². The number of hydrogen-bond donors (Lipinski definition) is 0. The Morgan fingerprint density at radius 3 is 2.00 bits per heavy atom. The predicted octanol–water partition coefficient (Wildman–Crippen LogP) is 5.19. The van der Waals surface area contributed by atoms with Gasteiger partial charge in [-0.25, -0.2) is 4.79 Å². The lowest BCUT2D eigenvalue weighted by Gasteiger charge is -2.14. The SMILES string of the molecule is COc1ccc(C(=NOC(=O)c2ccc(C)cc2)c2nccc3cc(OC)c(OC)cc23)cc1OC. The van der Waals surface area contributed by atoms with Crippen molar-refractivity contribution >= 4 is 22.5 Å². The third-order valence-electron chi connectivity index (χ3n) is 5.66. The standard InChI is InChI=1S/C28H26N2O6/c1-17-6-8-18(9-7-17)28(31)36-30-26(20-10-11-22(32-2)23(15-20)33-3)27-21-16-25(35-5)24(34-4)14-19(21)12-13-29-27/h6-16H,1-5H3. The number of methoxy groups -OCH3 is 4. The van der Waals surface area contributed by atoms with Crippen molar-refractivity contribution in [2.75, 3.05) is 28.4 Å². The predicted molar refractivity (Wildman–Crippen MR) is 137 cm³/mol. The van der Waals surface area contributed by atoms with E-state index in [0.717, 1.165) is 16.3 Å². The number of hydrogen-bond acceptors (Lipinski definition) is 8. The van der Waals surface area contributed by atoms with E-state index in [1.54, 1.807) is 65.0 Å². The van der Waals surface area contributed by atoms with E-state index in [1.165, 1.54) is 0 Å². The molecule has 0 bridgehead atoms. The maximum absolute atomic E-state index is 12.8. The van der Waals surface area contributed by atoms with Gasteiger partial charge in [-0.2, -0.15) is 0 Å². The first-order valence-electron chi connectivity index (χ1n) is 11.1. The molecule has 0 N–H and O–H groups in total. The molecule has 1 aromatic heterocycles. The fourth-order valence-electron chi connectivity index (χ4n) is 3.73. The summed E-state index contributed by atoms with van der Waals surface area (Å²) in [6.45, 7) is 1.94. The molecule has 1 heterocycles. The third-order valence-corrected chi connectivity index (χ3v) is 5.66. The number of benzene rings is 3. The van der Waals surface area contributed by atoms with E-state index in [4.69, 9.17) is 23.8 Å². The Labute approximate surface area is 209 Å². The number of aryl methyl sites for hydroxylation is 1. The van der Waals surface area contributed by atoms with Gasteiger partial charge in [0.1, 0.15) is 11.4 Å². The van der Waals surface area contributed by atoms with Crippen molar-refractivity contribution in [2.24, 2.45) is 5.16 Å². The van der Waals surface area contributed by atoms with Crippen molar-refractivity contribution in [1.29, 1.82) is 0 Å². The van der Waals surface area contributed by atoms with Gasteiger partial charge in [-0.15, -0.1) is 0 Å². The first-order valence-corrected chi connectivity index (χ1v) is 11.1. The molecule has 184 valence electrons. The maximum Gasteiger partial charge on any atom is 0.365 e. The third kappa shape index (κ3) is 4.93. The fourth-order valence-corrected chi connectivity index (χ4v) is 3.73. The molecule has 0 saturated heterocycles. The molecule has 36 heavy (non-hydrogen) atoms. The number of pyridine rings is 1. The molecule has 0 unspecified atom stereocenters. The van der Waals surface area contributed by atoms with Crippen LogP contribution in [0.25, 0.3) is 10.8 Å². The summed E-state index contributed by atoms with van der Waals surface area (Å²) >= 11 is 0. The lowest BCUT2D eigenvalue weighted by Crippen LogP contribution is -2.11. The van der Waals surface area contributed by atoms with Gasteiger partial charge in [0, 0.05) is 17.1 Å². The Hall–Kier alpha value is -4.59. The molecule has 4 aromatic rings. The van der Waals surface area contributed by atoms with Gasteiger partial charge >= 0.3 is 5.97 Å². The molecular weight excluding hydrogens is 460 g/mol. The van der Waals surface area contributed by atoms with E-state index in [2.05, 4.69) is 10.1 Å². The Morgan fingerprint density at radius 1 is 0.722 bits per heavy atom. The van der Waals surface area contributed by atoms with E-state index in [0.29, 0.717) is 45.5 Å². The summed E-state index contributed by atoms with van der Waals surface area (Å²) in [6.07, 6.45) is 1.65. The number of ether oxygens (including phenoxy) is 4. The van der Waals surface area contributed by atoms with Crippen LogP contribution in [0, 0.1) is 6.92 Å². The summed E-state index contributed by atoms with van der Waals surface area (Å²) < 4.78 is 21.8. The highest BCUT2D eigenvalue weighted by atomic mass is 16.7. The van der Waals surface area contributed by atoms with Crippen LogP contribution in [0.3, 0.4) is 0 Å². The highest BCUT2D eigenvalue weighted by Gasteiger charge is 2.19. The highest BCUT2D eigenvalue weighted by molar-refractivity contribution is 6.18. The molecule has 0 fully saturated rings. The largest absolute Gasteiger partial charge is 0.493 e. The van der Waals surface area contributed by atoms with Gasteiger partial charge in [0.15, 0.2) is 23.0 Å². The van der Waals surface area contributed by atoms with Crippen LogP contribution in [-0.2, 0) is 4.84 Å². The van der Waals surface area contributed by atoms with Gasteiger partial charge in [-0.1, -0.05) is 22.9 Å². The zero-order valence-corrected chi connectivity index (χ0v) is 20.7. The maximum atomic E-state index is 12.8. The summed E-state index contributed by atoms with van der Waals surface area (Å²) in [4.78, 5) is 22.7. The second kappa shape index (κ2) is 10.8. The molecule has 0 saturated carbocycles. The highest BCUT2D eigenvalue weighted by Crippen LogP contribution is 2.35. The fraction of sp³-hybridized carbons (Fsp3) is 0.179. The molecule has 0 radical (unpaired) electrons. The van der Waals surface area contributed by atoms with Crippen molar-refractivity contribution < 1.29 is 28.6 Å². The van der Waals surface area contributed by atoms with Gasteiger partial charge in [0.25, 0.3) is 0 Å². The average molecular weight is 487 g/mol. The van der Waals surface area contributed by atoms with Crippen molar-refractivity contribution in [3.63, 3.8) is 0 Å². The Balaban J connectivity index is 1.88. The lowest BCUT2D eigenvalue weighted by molar-refractivity contribution is 0.0517. The molecule has 0 aliphatic heterocycles. The zero-order chi connectivity index (χ0) is 25.7. The quantitative estimate of drug-likeness (QED) is 0.192. The van der Waals surface area contributed by atoms with Gasteiger partial charge in [0.05, 0.1) is 34.0 Å². The number of oxime groups is 1. The minimum atomic E-state index is -0.590. The number of fused-ring (bicyclic) bond motifs is 1. The van der Waals surface area contributed by atoms with Crippen LogP contribution >= 0.6 is 0 Å². The smallest absolute Gasteiger partial charge is 0.365 e. The summed E-state index contributed by atoms with van der Waals surface area (Å²) in [7, 11) is 6.24. The first-order chi connectivity index (χ1) is 17.5. The normalized spacial score (nSPS) is 11.2. The van der Waals surface area contributed by atoms with Gasteiger partial charge in [-0.05, 0) is 60.8 Å². The van der Waals surface area contributed by atoms with E-state index < -0.39 is 5.97 Å². The Bertz CT molecular complexity index is 1430. The van der Waals surface area contributed by atoms with Crippen molar-refractivity contribution in [1.82, 2.24) is 4.98 Å². The first kappa shape index (κ1) is 24.5. The van der Waals surface area contributed by atoms with Gasteiger partial charge in [0.2, 0.25) is 0 Å². The van der Waals surface area contributed by atoms with Crippen molar-refractivity contribution in [3.8, 4) is 23.0 Å². The molecule has 3 aromatic carbocycles. The topological polar surface area (TPSA) is 88.5 Å². The minimum Gasteiger partial charge on any atom is -0.493 e. The van der Waals surface area contributed by atoms with Crippen molar-refractivity contribution in [2.45, 2.75) is 6.92 Å². The second-order valence-corrected chi connectivity index (χ2v) is 7.84. The minimum absolute atomic E-state index is 0.328. The molecule has 0 amide bonds. The summed E-state index contributed by atoms with van der Waals surface area (Å²) in [5, 5.41) is 5.85. The zero-order valence-electron chi connectivity index (χ0n) is 20.7. The molecule has 0 spiro atoms. The summed E-state index contributed by atoms with van der Waals surface area (Å²) in [5.74, 6) is 1.56. The Kier molecular flexibility index (Phi) is 7.34.